The summed E-state index contributed by atoms with van der Waals surface area (Å²) in [5, 5.41) is 36.6. The Bertz CT molecular complexity index is 563. The second kappa shape index (κ2) is 27.9. The van der Waals surface area contributed by atoms with E-state index in [2.05, 4.69) is 35.2 Å². The molecule has 0 fully saturated rings. The summed E-state index contributed by atoms with van der Waals surface area (Å²) in [6, 6.07) is 11.1. The molecule has 228 valence electrons. The van der Waals surface area contributed by atoms with Crippen LogP contribution in [-0.4, -0.2) is 84.1 Å². The Kier molecular flexibility index (Phi) is 26.3. The fraction of sp³-hybridized carbons (Fsp3) is 0.812. The first-order valence-corrected chi connectivity index (χ1v) is 19.7. The Morgan fingerprint density at radius 3 is 1.03 bits per heavy atom. The molecule has 5 nitrogen and oxygen atoms in total. The first kappa shape index (κ1) is 36.7. The van der Waals surface area contributed by atoms with Gasteiger partial charge in [0.2, 0.25) is 0 Å². The van der Waals surface area contributed by atoms with Gasteiger partial charge < -0.3 is 25.3 Å². The van der Waals surface area contributed by atoms with Crippen LogP contribution in [0.3, 0.4) is 0 Å². The summed E-state index contributed by atoms with van der Waals surface area (Å²) >= 11 is 0. The molecule has 0 aliphatic heterocycles. The highest BCUT2D eigenvalue weighted by molar-refractivity contribution is 7.58. The molecule has 0 aromatic heterocycles. The normalized spacial score (nSPS) is 11.6. The van der Waals surface area contributed by atoms with E-state index in [9.17, 15) is 0 Å². The number of benzene rings is 1. The lowest BCUT2D eigenvalue weighted by Gasteiger charge is -2.34. The van der Waals surface area contributed by atoms with Crippen LogP contribution in [0.2, 0.25) is 0 Å². The van der Waals surface area contributed by atoms with Crippen molar-refractivity contribution in [3.05, 3.63) is 30.3 Å². The number of aliphatic hydroxyl groups is 4. The highest BCUT2D eigenvalue weighted by atomic mass is 31.1. The molecule has 4 N–H and O–H groups in total. The van der Waals surface area contributed by atoms with E-state index in [0.717, 1.165) is 51.4 Å². The molecule has 0 saturated heterocycles. The third-order valence-electron chi connectivity index (χ3n) is 7.39. The second-order valence-electron chi connectivity index (χ2n) is 10.9. The molecule has 0 saturated carbocycles. The molecule has 1 aromatic carbocycles. The topological polar surface area (TPSA) is 84.2 Å². The first-order valence-electron chi connectivity index (χ1n) is 15.9. The monoisotopic (exact) mass is 585 g/mol. The fourth-order valence-corrected chi connectivity index (χ4v) is 10.4. The van der Waals surface area contributed by atoms with Gasteiger partial charge in [-0.3, -0.25) is 0 Å². The Morgan fingerprint density at radius 1 is 0.410 bits per heavy atom. The number of unbranched alkanes of at least 4 members (excludes halogenated alkanes) is 12. The second-order valence-corrected chi connectivity index (χ2v) is 16.0. The van der Waals surface area contributed by atoms with E-state index < -0.39 is 0 Å². The minimum absolute atomic E-state index is 0.0821. The number of anilines is 1. The van der Waals surface area contributed by atoms with Crippen molar-refractivity contribution in [2.45, 2.75) is 103 Å². The molecular formula is C32H61NO4P2. The van der Waals surface area contributed by atoms with Crippen LogP contribution in [0, 0.1) is 0 Å². The molecule has 0 unspecified atom stereocenters. The quantitative estimate of drug-likeness (QED) is 0.0575. The molecule has 0 amide bonds. The van der Waals surface area contributed by atoms with Crippen LogP contribution >= 0.6 is 15.8 Å². The zero-order valence-electron chi connectivity index (χ0n) is 24.9. The first-order chi connectivity index (χ1) is 19.2. The highest BCUT2D eigenvalue weighted by Gasteiger charge is 2.19. The van der Waals surface area contributed by atoms with Crippen molar-refractivity contribution in [3.8, 4) is 0 Å². The van der Waals surface area contributed by atoms with Crippen LogP contribution in [0.25, 0.3) is 0 Å². The average Bonchev–Trinajstić information content (AvgIpc) is 2.96. The Balaban J connectivity index is 2.87. The average molecular weight is 586 g/mol. The minimum Gasteiger partial charge on any atom is -0.396 e. The number of hydrogen-bond donors (Lipinski definition) is 4. The molecular weight excluding hydrogens is 524 g/mol. The molecule has 39 heavy (non-hydrogen) atoms. The van der Waals surface area contributed by atoms with Gasteiger partial charge in [-0.05, 0) is 88.1 Å². The minimum atomic E-state index is -0.0821. The molecule has 0 aliphatic carbocycles. The van der Waals surface area contributed by atoms with Crippen molar-refractivity contribution >= 4 is 21.5 Å². The van der Waals surface area contributed by atoms with Gasteiger partial charge in [-0.1, -0.05) is 85.4 Å². The number of rotatable bonds is 29. The molecule has 0 atom stereocenters. The van der Waals surface area contributed by atoms with Crippen molar-refractivity contribution in [1.29, 1.82) is 0 Å². The number of para-hydroxylation sites is 1. The molecule has 0 spiro atoms. The van der Waals surface area contributed by atoms with Gasteiger partial charge in [0.15, 0.2) is 0 Å². The van der Waals surface area contributed by atoms with Gasteiger partial charge in [0.05, 0.1) is 0 Å². The molecule has 0 heterocycles. The number of nitrogens with zero attached hydrogens (tertiary/aromatic N) is 1. The van der Waals surface area contributed by atoms with Crippen LogP contribution in [0.15, 0.2) is 30.3 Å². The van der Waals surface area contributed by atoms with Crippen LogP contribution in [-0.2, 0) is 0 Å². The van der Waals surface area contributed by atoms with Crippen LogP contribution < -0.4 is 4.90 Å². The highest BCUT2D eigenvalue weighted by Crippen LogP contribution is 2.45. The fourth-order valence-electron chi connectivity index (χ4n) is 5.04. The lowest BCUT2D eigenvalue weighted by Crippen LogP contribution is -2.26. The van der Waals surface area contributed by atoms with E-state index in [-0.39, 0.29) is 15.8 Å². The van der Waals surface area contributed by atoms with Gasteiger partial charge in [-0.25, -0.2) is 0 Å². The maximum atomic E-state index is 9.16. The van der Waals surface area contributed by atoms with E-state index in [1.807, 2.05) is 0 Å². The SMILES string of the molecule is OCCCCCCP(CCCCCCO)CN(CP(CCCCCCO)CCCCCCO)c1ccccc1. The van der Waals surface area contributed by atoms with Crippen LogP contribution in [0.1, 0.15) is 103 Å². The smallest absolute Gasteiger partial charge is 0.0431 e. The standard InChI is InChI=1S/C32H61NO4P2/c34-22-12-1-5-16-26-38(27-17-6-2-13-23-35)30-33(32-20-10-9-11-21-32)31-39(28-18-7-3-14-24-36)29-19-8-4-15-25-37/h9-11,20-21,34-37H,1-8,12-19,22-31H2. The lowest BCUT2D eigenvalue weighted by atomic mass is 10.2. The summed E-state index contributed by atoms with van der Waals surface area (Å²) in [6.07, 6.45) is 25.9. The zero-order valence-corrected chi connectivity index (χ0v) is 26.7. The molecule has 0 bridgehead atoms. The number of aliphatic hydroxyl groups excluding tert-OH is 4. The van der Waals surface area contributed by atoms with Gasteiger partial charge in [0.1, 0.15) is 0 Å². The maximum absolute atomic E-state index is 9.16. The summed E-state index contributed by atoms with van der Waals surface area (Å²) in [5.41, 5.74) is 1.37. The van der Waals surface area contributed by atoms with Gasteiger partial charge in [0.25, 0.3) is 0 Å². The summed E-state index contributed by atoms with van der Waals surface area (Å²) in [6.45, 7) is 1.24. The van der Waals surface area contributed by atoms with Crippen molar-refractivity contribution in [2.75, 3.05) is 68.5 Å². The molecule has 7 heteroatoms. The molecule has 1 rings (SSSR count). The lowest BCUT2D eigenvalue weighted by molar-refractivity contribution is 0.282. The Hall–Kier alpha value is -0.280. The summed E-state index contributed by atoms with van der Waals surface area (Å²) in [5.74, 6) is 0. The molecule has 0 radical (unpaired) electrons. The van der Waals surface area contributed by atoms with Crippen LogP contribution in [0.4, 0.5) is 5.69 Å². The molecule has 0 aliphatic rings. The summed E-state index contributed by atoms with van der Waals surface area (Å²) < 4.78 is 0. The van der Waals surface area contributed by atoms with E-state index in [0.29, 0.717) is 26.4 Å². The maximum Gasteiger partial charge on any atom is 0.0431 e. The van der Waals surface area contributed by atoms with Gasteiger partial charge in [-0.15, -0.1) is 0 Å². The van der Waals surface area contributed by atoms with E-state index in [4.69, 9.17) is 20.4 Å². The Morgan fingerprint density at radius 2 is 0.718 bits per heavy atom. The van der Waals surface area contributed by atoms with E-state index in [1.54, 1.807) is 0 Å². The van der Waals surface area contributed by atoms with E-state index >= 15 is 0 Å². The van der Waals surface area contributed by atoms with Crippen LogP contribution in [0.5, 0.6) is 0 Å². The van der Waals surface area contributed by atoms with Crippen molar-refractivity contribution in [2.24, 2.45) is 0 Å². The van der Waals surface area contributed by atoms with E-state index in [1.165, 1.54) is 94.3 Å². The molecule has 1 aromatic rings. The van der Waals surface area contributed by atoms with Crippen molar-refractivity contribution in [1.82, 2.24) is 0 Å². The summed E-state index contributed by atoms with van der Waals surface area (Å²) in [7, 11) is -0.164. The predicted octanol–water partition coefficient (Wildman–Crippen LogP) is 7.58. The predicted molar refractivity (Wildman–Crippen MR) is 174 cm³/mol. The Labute approximate surface area is 243 Å². The third kappa shape index (κ3) is 21.1. The zero-order chi connectivity index (χ0) is 28.2. The van der Waals surface area contributed by atoms with Gasteiger partial charge >= 0.3 is 0 Å². The largest absolute Gasteiger partial charge is 0.396 e. The van der Waals surface area contributed by atoms with Crippen molar-refractivity contribution in [3.63, 3.8) is 0 Å². The third-order valence-corrected chi connectivity index (χ3v) is 12.7. The number of hydrogen-bond acceptors (Lipinski definition) is 5. The summed E-state index contributed by atoms with van der Waals surface area (Å²) in [4.78, 5) is 2.74. The van der Waals surface area contributed by atoms with Gasteiger partial charge in [0, 0.05) is 44.7 Å². The van der Waals surface area contributed by atoms with Crippen molar-refractivity contribution < 1.29 is 20.4 Å². The van der Waals surface area contributed by atoms with Gasteiger partial charge in [-0.2, -0.15) is 0 Å².